The lowest BCUT2D eigenvalue weighted by molar-refractivity contribution is 0.379. The second-order valence-electron chi connectivity index (χ2n) is 3.86. The molecule has 2 aromatic rings. The summed E-state index contributed by atoms with van der Waals surface area (Å²) >= 11 is 0. The SMILES string of the molecule is CCNc1nc(Nc2cccc(OC)c2)nc(OC)n1. The highest BCUT2D eigenvalue weighted by Crippen LogP contribution is 2.20. The number of anilines is 3. The fraction of sp³-hybridized carbons (Fsp3) is 0.308. The molecule has 1 aromatic carbocycles. The van der Waals surface area contributed by atoms with E-state index < -0.39 is 0 Å². The molecule has 0 aliphatic rings. The standard InChI is InChI=1S/C13H17N5O2/c1-4-14-11-16-12(18-13(17-11)20-3)15-9-6-5-7-10(8-9)19-2/h5-8H,4H2,1-3H3,(H2,14,15,16,17,18). The molecule has 0 saturated heterocycles. The van der Waals surface area contributed by atoms with Crippen molar-refractivity contribution >= 4 is 17.6 Å². The molecule has 0 amide bonds. The lowest BCUT2D eigenvalue weighted by Crippen LogP contribution is -2.07. The van der Waals surface area contributed by atoms with E-state index in [1.165, 1.54) is 7.11 Å². The maximum Gasteiger partial charge on any atom is 0.322 e. The summed E-state index contributed by atoms with van der Waals surface area (Å²) < 4.78 is 10.2. The van der Waals surface area contributed by atoms with Gasteiger partial charge < -0.3 is 20.1 Å². The Bertz CT molecular complexity index is 576. The maximum absolute atomic E-state index is 5.17. The first-order valence-corrected chi connectivity index (χ1v) is 6.20. The third-order valence-electron chi connectivity index (χ3n) is 2.46. The quantitative estimate of drug-likeness (QED) is 0.835. The van der Waals surface area contributed by atoms with Crippen LogP contribution in [-0.2, 0) is 0 Å². The highest BCUT2D eigenvalue weighted by atomic mass is 16.5. The average Bonchev–Trinajstić information content (AvgIpc) is 2.47. The Balaban J connectivity index is 2.24. The fourth-order valence-electron chi connectivity index (χ4n) is 1.57. The molecule has 2 N–H and O–H groups in total. The van der Waals surface area contributed by atoms with Crippen LogP contribution in [0.3, 0.4) is 0 Å². The molecule has 7 nitrogen and oxygen atoms in total. The molecule has 0 spiro atoms. The van der Waals surface area contributed by atoms with Gasteiger partial charge in [-0.2, -0.15) is 15.0 Å². The van der Waals surface area contributed by atoms with Crippen molar-refractivity contribution in [2.75, 3.05) is 31.4 Å². The number of nitrogens with one attached hydrogen (secondary N) is 2. The summed E-state index contributed by atoms with van der Waals surface area (Å²) in [5.41, 5.74) is 0.819. The lowest BCUT2D eigenvalue weighted by Gasteiger charge is -2.09. The van der Waals surface area contributed by atoms with Gasteiger partial charge in [0.15, 0.2) is 0 Å². The zero-order chi connectivity index (χ0) is 14.4. The van der Waals surface area contributed by atoms with Gasteiger partial charge in [-0.25, -0.2) is 0 Å². The Morgan fingerprint density at radius 3 is 2.55 bits per heavy atom. The average molecular weight is 275 g/mol. The van der Waals surface area contributed by atoms with Crippen molar-refractivity contribution in [3.63, 3.8) is 0 Å². The van der Waals surface area contributed by atoms with E-state index in [0.29, 0.717) is 18.4 Å². The largest absolute Gasteiger partial charge is 0.497 e. The third-order valence-corrected chi connectivity index (χ3v) is 2.46. The summed E-state index contributed by atoms with van der Waals surface area (Å²) in [6.07, 6.45) is 0. The summed E-state index contributed by atoms with van der Waals surface area (Å²) in [6.45, 7) is 2.68. The number of hydrogen-bond acceptors (Lipinski definition) is 7. The number of hydrogen-bond donors (Lipinski definition) is 2. The molecule has 0 radical (unpaired) electrons. The van der Waals surface area contributed by atoms with E-state index in [-0.39, 0.29) is 6.01 Å². The van der Waals surface area contributed by atoms with E-state index in [4.69, 9.17) is 9.47 Å². The second-order valence-corrected chi connectivity index (χ2v) is 3.86. The van der Waals surface area contributed by atoms with Gasteiger partial charge in [0.2, 0.25) is 11.9 Å². The van der Waals surface area contributed by atoms with Crippen LogP contribution in [0.2, 0.25) is 0 Å². The zero-order valence-electron chi connectivity index (χ0n) is 11.7. The Kier molecular flexibility index (Phi) is 4.54. The van der Waals surface area contributed by atoms with Crippen LogP contribution in [0.15, 0.2) is 24.3 Å². The minimum Gasteiger partial charge on any atom is -0.497 e. The van der Waals surface area contributed by atoms with Crippen LogP contribution in [0.1, 0.15) is 6.92 Å². The van der Waals surface area contributed by atoms with Gasteiger partial charge in [-0.05, 0) is 19.1 Å². The van der Waals surface area contributed by atoms with Crippen LogP contribution >= 0.6 is 0 Å². The first kappa shape index (κ1) is 13.9. The van der Waals surface area contributed by atoms with Crippen LogP contribution in [0.4, 0.5) is 17.6 Å². The number of methoxy groups -OCH3 is 2. The predicted molar refractivity (Wildman–Crippen MR) is 76.8 cm³/mol. The van der Waals surface area contributed by atoms with E-state index in [0.717, 1.165) is 11.4 Å². The second kappa shape index (κ2) is 6.55. The predicted octanol–water partition coefficient (Wildman–Crippen LogP) is 2.06. The number of nitrogens with zero attached hydrogens (tertiary/aromatic N) is 3. The summed E-state index contributed by atoms with van der Waals surface area (Å²) in [5, 5.41) is 6.11. The Morgan fingerprint density at radius 2 is 1.85 bits per heavy atom. The highest BCUT2D eigenvalue weighted by Gasteiger charge is 2.06. The molecule has 0 unspecified atom stereocenters. The van der Waals surface area contributed by atoms with E-state index in [1.807, 2.05) is 31.2 Å². The van der Waals surface area contributed by atoms with Gasteiger partial charge in [-0.1, -0.05) is 6.07 Å². The maximum atomic E-state index is 5.17. The Morgan fingerprint density at radius 1 is 1.05 bits per heavy atom. The molecule has 2 rings (SSSR count). The van der Waals surface area contributed by atoms with Gasteiger partial charge in [0, 0.05) is 18.3 Å². The molecular formula is C13H17N5O2. The number of ether oxygens (including phenoxy) is 2. The smallest absolute Gasteiger partial charge is 0.322 e. The van der Waals surface area contributed by atoms with Crippen molar-refractivity contribution in [2.45, 2.75) is 6.92 Å². The molecule has 0 fully saturated rings. The minimum absolute atomic E-state index is 0.251. The van der Waals surface area contributed by atoms with Gasteiger partial charge in [0.1, 0.15) is 5.75 Å². The molecule has 1 aromatic heterocycles. The zero-order valence-corrected chi connectivity index (χ0v) is 11.7. The molecule has 1 heterocycles. The summed E-state index contributed by atoms with van der Waals surface area (Å²) in [6, 6.07) is 7.74. The number of rotatable bonds is 6. The minimum atomic E-state index is 0.251. The molecule has 0 saturated carbocycles. The molecule has 106 valence electrons. The Labute approximate surface area is 117 Å². The van der Waals surface area contributed by atoms with Gasteiger partial charge in [-0.15, -0.1) is 0 Å². The third kappa shape index (κ3) is 3.47. The first-order chi connectivity index (χ1) is 9.75. The van der Waals surface area contributed by atoms with Crippen molar-refractivity contribution in [2.24, 2.45) is 0 Å². The summed E-state index contributed by atoms with van der Waals surface area (Å²) in [5.74, 6) is 1.62. The van der Waals surface area contributed by atoms with Crippen molar-refractivity contribution in [1.82, 2.24) is 15.0 Å². The van der Waals surface area contributed by atoms with Gasteiger partial charge in [0.05, 0.1) is 14.2 Å². The molecular weight excluding hydrogens is 258 g/mol. The molecule has 0 bridgehead atoms. The molecule has 20 heavy (non-hydrogen) atoms. The first-order valence-electron chi connectivity index (χ1n) is 6.20. The van der Waals surface area contributed by atoms with Gasteiger partial charge >= 0.3 is 6.01 Å². The normalized spacial score (nSPS) is 9.95. The number of benzene rings is 1. The van der Waals surface area contributed by atoms with E-state index in [9.17, 15) is 0 Å². The Hall–Kier alpha value is -2.57. The molecule has 0 aliphatic carbocycles. The topological polar surface area (TPSA) is 81.2 Å². The molecule has 0 aliphatic heterocycles. The van der Waals surface area contributed by atoms with Crippen molar-refractivity contribution in [1.29, 1.82) is 0 Å². The van der Waals surface area contributed by atoms with E-state index in [2.05, 4.69) is 25.6 Å². The monoisotopic (exact) mass is 275 g/mol. The van der Waals surface area contributed by atoms with E-state index >= 15 is 0 Å². The fourth-order valence-corrected chi connectivity index (χ4v) is 1.57. The van der Waals surface area contributed by atoms with Gasteiger partial charge in [-0.3, -0.25) is 0 Å². The lowest BCUT2D eigenvalue weighted by atomic mass is 10.3. The summed E-state index contributed by atoms with van der Waals surface area (Å²) in [4.78, 5) is 12.5. The van der Waals surface area contributed by atoms with Crippen LogP contribution in [0.25, 0.3) is 0 Å². The van der Waals surface area contributed by atoms with Crippen LogP contribution in [0, 0.1) is 0 Å². The van der Waals surface area contributed by atoms with Crippen molar-refractivity contribution < 1.29 is 9.47 Å². The number of aromatic nitrogens is 3. The highest BCUT2D eigenvalue weighted by molar-refractivity contribution is 5.56. The molecule has 7 heteroatoms. The van der Waals surface area contributed by atoms with E-state index in [1.54, 1.807) is 7.11 Å². The van der Waals surface area contributed by atoms with Crippen LogP contribution in [0.5, 0.6) is 11.8 Å². The molecule has 0 atom stereocenters. The van der Waals surface area contributed by atoms with Crippen LogP contribution in [-0.4, -0.2) is 35.7 Å². The van der Waals surface area contributed by atoms with Crippen LogP contribution < -0.4 is 20.1 Å². The van der Waals surface area contributed by atoms with Gasteiger partial charge in [0.25, 0.3) is 0 Å². The summed E-state index contributed by atoms with van der Waals surface area (Å²) in [7, 11) is 3.13. The van der Waals surface area contributed by atoms with Crippen molar-refractivity contribution in [3.8, 4) is 11.8 Å². The van der Waals surface area contributed by atoms with Crippen molar-refractivity contribution in [3.05, 3.63) is 24.3 Å².